The van der Waals surface area contributed by atoms with Crippen LogP contribution in [0.4, 0.5) is 0 Å². The molecule has 0 bridgehead atoms. The van der Waals surface area contributed by atoms with Gasteiger partial charge in [0.25, 0.3) is 0 Å². The molecule has 0 saturated carbocycles. The number of fused-ring (bicyclic) bond motifs is 1. The van der Waals surface area contributed by atoms with E-state index in [4.69, 9.17) is 4.74 Å². The second-order valence-electron chi connectivity index (χ2n) is 9.77. The van der Waals surface area contributed by atoms with Crippen molar-refractivity contribution in [2.75, 3.05) is 13.1 Å². The average Bonchev–Trinajstić information content (AvgIpc) is 3.33. The average molecular weight is 427 g/mol. The van der Waals surface area contributed by atoms with Crippen LogP contribution in [0.2, 0.25) is 0 Å². The van der Waals surface area contributed by atoms with Crippen LogP contribution in [0.1, 0.15) is 44.9 Å². The quantitative estimate of drug-likeness (QED) is 0.710. The summed E-state index contributed by atoms with van der Waals surface area (Å²) in [5, 5.41) is 3.74. The second kappa shape index (κ2) is 7.44. The number of ether oxygens (including phenoxy) is 1. The van der Waals surface area contributed by atoms with Crippen LogP contribution in [0.5, 0.6) is 5.75 Å². The van der Waals surface area contributed by atoms with Gasteiger partial charge in [0.05, 0.1) is 29.9 Å². The van der Waals surface area contributed by atoms with E-state index in [2.05, 4.69) is 56.7 Å². The number of pyridine rings is 1. The van der Waals surface area contributed by atoms with Gasteiger partial charge in [0.1, 0.15) is 22.5 Å². The van der Waals surface area contributed by atoms with Gasteiger partial charge in [0, 0.05) is 44.1 Å². The Labute approximate surface area is 182 Å². The molecule has 2 aromatic heterocycles. The normalized spacial score (nSPS) is 26.0. The van der Waals surface area contributed by atoms with E-state index < -0.39 is 0 Å². The first kappa shape index (κ1) is 20.2. The van der Waals surface area contributed by atoms with Gasteiger partial charge in [-0.1, -0.05) is 20.8 Å². The zero-order valence-electron chi connectivity index (χ0n) is 18.1. The standard InChI is InChI=1S/C22H30N6OS/c1-14-11-24-17(12-23-14)16-9-15-10-22(29-18(15)13-25-16)5-7-28(8-6-22)20-26-19(27-30-20)21(2,3)4/h9,11-13,19-20,26-27H,5-8,10H2,1-4H3. The van der Waals surface area contributed by atoms with Gasteiger partial charge in [-0.3, -0.25) is 25.2 Å². The molecule has 0 radical (unpaired) electrons. The van der Waals surface area contributed by atoms with Crippen LogP contribution in [0.15, 0.2) is 24.7 Å². The van der Waals surface area contributed by atoms with Gasteiger partial charge in [-0.25, -0.2) is 4.72 Å². The third-order valence-corrected chi connectivity index (χ3v) is 7.37. The van der Waals surface area contributed by atoms with Crippen molar-refractivity contribution in [2.45, 2.75) is 64.2 Å². The molecule has 2 fully saturated rings. The maximum Gasteiger partial charge on any atom is 0.141 e. The first-order chi connectivity index (χ1) is 14.3. The molecule has 2 saturated heterocycles. The molecule has 1 spiro atoms. The van der Waals surface area contributed by atoms with Crippen molar-refractivity contribution in [3.05, 3.63) is 35.9 Å². The minimum Gasteiger partial charge on any atom is -0.485 e. The van der Waals surface area contributed by atoms with E-state index in [0.717, 1.165) is 55.2 Å². The number of likely N-dealkylation sites (tertiary alicyclic amines) is 1. The number of piperidine rings is 1. The number of aromatic nitrogens is 3. The van der Waals surface area contributed by atoms with E-state index in [1.165, 1.54) is 5.56 Å². The molecule has 0 amide bonds. The van der Waals surface area contributed by atoms with E-state index in [9.17, 15) is 0 Å². The topological polar surface area (TPSA) is 75.2 Å². The number of hydrogen-bond donors (Lipinski definition) is 2. The number of rotatable bonds is 2. The molecule has 30 heavy (non-hydrogen) atoms. The summed E-state index contributed by atoms with van der Waals surface area (Å²) in [5.41, 5.74) is 4.24. The van der Waals surface area contributed by atoms with Crippen molar-refractivity contribution < 1.29 is 4.74 Å². The fraction of sp³-hybridized carbons (Fsp3) is 0.591. The zero-order valence-corrected chi connectivity index (χ0v) is 18.9. The minimum absolute atomic E-state index is 0.0990. The highest BCUT2D eigenvalue weighted by Crippen LogP contribution is 2.42. The Morgan fingerprint density at radius 2 is 1.87 bits per heavy atom. The fourth-order valence-electron chi connectivity index (χ4n) is 4.39. The predicted molar refractivity (Wildman–Crippen MR) is 119 cm³/mol. The molecule has 3 aliphatic rings. The van der Waals surface area contributed by atoms with Crippen molar-refractivity contribution >= 4 is 11.9 Å². The smallest absolute Gasteiger partial charge is 0.141 e. The van der Waals surface area contributed by atoms with Gasteiger partial charge in [0.15, 0.2) is 0 Å². The lowest BCUT2D eigenvalue weighted by Gasteiger charge is -2.40. The van der Waals surface area contributed by atoms with E-state index in [0.29, 0.717) is 11.7 Å². The summed E-state index contributed by atoms with van der Waals surface area (Å²) in [5.74, 6) is 0.926. The Balaban J connectivity index is 1.24. The molecule has 2 unspecified atom stereocenters. The molecule has 0 aliphatic carbocycles. The summed E-state index contributed by atoms with van der Waals surface area (Å²) in [7, 11) is 0. The summed E-state index contributed by atoms with van der Waals surface area (Å²) >= 11 is 1.80. The highest BCUT2D eigenvalue weighted by Gasteiger charge is 2.45. The molecule has 7 nitrogen and oxygen atoms in total. The van der Waals surface area contributed by atoms with Crippen molar-refractivity contribution in [2.24, 2.45) is 5.41 Å². The Bertz CT molecular complexity index is 920. The molecular weight excluding hydrogens is 396 g/mol. The highest BCUT2D eigenvalue weighted by molar-refractivity contribution is 7.98. The lowest BCUT2D eigenvalue weighted by Crippen LogP contribution is -2.54. The van der Waals surface area contributed by atoms with Gasteiger partial charge < -0.3 is 4.74 Å². The predicted octanol–water partition coefficient (Wildman–Crippen LogP) is 3.11. The maximum atomic E-state index is 6.46. The molecule has 3 aliphatic heterocycles. The minimum atomic E-state index is -0.0990. The maximum absolute atomic E-state index is 6.46. The summed E-state index contributed by atoms with van der Waals surface area (Å²) in [6, 6.07) is 2.13. The van der Waals surface area contributed by atoms with Gasteiger partial charge in [-0.05, 0) is 30.4 Å². The van der Waals surface area contributed by atoms with Crippen LogP contribution in [-0.2, 0) is 6.42 Å². The molecule has 2 atom stereocenters. The number of nitrogens with zero attached hydrogens (tertiary/aromatic N) is 4. The Hall–Kier alpha value is -1.74. The fourth-order valence-corrected chi connectivity index (χ4v) is 5.64. The van der Waals surface area contributed by atoms with E-state index in [1.54, 1.807) is 24.3 Å². The lowest BCUT2D eigenvalue weighted by atomic mass is 9.87. The third kappa shape index (κ3) is 3.82. The summed E-state index contributed by atoms with van der Waals surface area (Å²) < 4.78 is 10.0. The van der Waals surface area contributed by atoms with Crippen LogP contribution < -0.4 is 14.8 Å². The molecular formula is C22H30N6OS. The van der Waals surface area contributed by atoms with Crippen LogP contribution >= 0.6 is 11.9 Å². The van der Waals surface area contributed by atoms with Crippen LogP contribution in [0, 0.1) is 12.3 Å². The van der Waals surface area contributed by atoms with E-state index in [1.807, 2.05) is 13.1 Å². The summed E-state index contributed by atoms with van der Waals surface area (Å²) in [4.78, 5) is 15.9. The van der Waals surface area contributed by atoms with Crippen molar-refractivity contribution in [3.8, 4) is 17.1 Å². The Kier molecular flexibility index (Phi) is 5.01. The van der Waals surface area contributed by atoms with E-state index in [-0.39, 0.29) is 11.0 Å². The first-order valence-electron chi connectivity index (χ1n) is 10.7. The number of hydrogen-bond acceptors (Lipinski definition) is 8. The molecule has 5 heterocycles. The lowest BCUT2D eigenvalue weighted by molar-refractivity contribution is 0.0112. The van der Waals surface area contributed by atoms with Gasteiger partial charge in [-0.2, -0.15) is 0 Å². The molecule has 8 heteroatoms. The zero-order chi connectivity index (χ0) is 20.9. The monoisotopic (exact) mass is 426 g/mol. The SMILES string of the molecule is Cc1cnc(-c2cc3c(cn2)OC2(CCN(C4NC(C(C)(C)C)NS4)CC2)C3)cn1. The van der Waals surface area contributed by atoms with E-state index >= 15 is 0 Å². The van der Waals surface area contributed by atoms with Crippen LogP contribution in [0.3, 0.4) is 0 Å². The van der Waals surface area contributed by atoms with Gasteiger partial charge in [0.2, 0.25) is 0 Å². The van der Waals surface area contributed by atoms with Crippen molar-refractivity contribution in [1.29, 1.82) is 0 Å². The van der Waals surface area contributed by atoms with Gasteiger partial charge >= 0.3 is 0 Å². The molecule has 5 rings (SSSR count). The molecule has 2 aromatic rings. The summed E-state index contributed by atoms with van der Waals surface area (Å²) in [6.07, 6.45) is 8.76. The van der Waals surface area contributed by atoms with Crippen molar-refractivity contribution in [1.82, 2.24) is 29.9 Å². The van der Waals surface area contributed by atoms with Crippen LogP contribution in [-0.4, -0.2) is 50.2 Å². The van der Waals surface area contributed by atoms with Crippen molar-refractivity contribution in [3.63, 3.8) is 0 Å². The molecule has 160 valence electrons. The second-order valence-corrected chi connectivity index (χ2v) is 10.7. The molecule has 0 aromatic carbocycles. The number of aryl methyl sites for hydroxylation is 1. The third-order valence-electron chi connectivity index (χ3n) is 6.34. The summed E-state index contributed by atoms with van der Waals surface area (Å²) in [6.45, 7) is 10.8. The largest absolute Gasteiger partial charge is 0.485 e. The molecule has 2 N–H and O–H groups in total. The van der Waals surface area contributed by atoms with Gasteiger partial charge in [-0.15, -0.1) is 0 Å². The highest BCUT2D eigenvalue weighted by atomic mass is 32.2. The Morgan fingerprint density at radius 3 is 2.53 bits per heavy atom. The first-order valence-corrected chi connectivity index (χ1v) is 11.6. The van der Waals surface area contributed by atoms with Crippen LogP contribution in [0.25, 0.3) is 11.4 Å². The Morgan fingerprint density at radius 1 is 1.10 bits per heavy atom. The number of nitrogens with one attached hydrogen (secondary N) is 2.